The van der Waals surface area contributed by atoms with Crippen LogP contribution in [0.25, 0.3) is 5.57 Å². The summed E-state index contributed by atoms with van der Waals surface area (Å²) in [7, 11) is 1.44. The Morgan fingerprint density at radius 1 is 1.31 bits per heavy atom. The number of hydroxylamine groups is 1. The number of carbonyl (C=O) groups is 2. The molecule has 1 aromatic carbocycles. The molecule has 2 amide bonds. The molecule has 0 saturated carbocycles. The predicted octanol–water partition coefficient (Wildman–Crippen LogP) is 2.45. The molecule has 1 aliphatic carbocycles. The van der Waals surface area contributed by atoms with Crippen molar-refractivity contribution in [2.45, 2.75) is 38.8 Å². The number of nitrogens with one attached hydrogen (secondary N) is 2. The maximum atomic E-state index is 12.9. The standard InChI is InChI=1S/C20H26N2O4/c1-4-20(19(24)21-17(14(2)26-3)18(23)22-25)12-10-16(11-13-20)15-8-6-5-7-9-15/h5-12,14,17,25H,4,13H2,1-3H3,(H,21,24)(H,22,23)/t14-,17+,20?/m1/s1. The molecule has 0 heterocycles. The summed E-state index contributed by atoms with van der Waals surface area (Å²) < 4.78 is 5.15. The van der Waals surface area contributed by atoms with Crippen molar-refractivity contribution < 1.29 is 19.5 Å². The highest BCUT2D eigenvalue weighted by molar-refractivity contribution is 5.92. The highest BCUT2D eigenvalue weighted by Crippen LogP contribution is 2.36. The number of benzene rings is 1. The molecular weight excluding hydrogens is 332 g/mol. The molecule has 1 unspecified atom stereocenters. The number of rotatable bonds is 7. The Bertz CT molecular complexity index is 699. The van der Waals surface area contributed by atoms with Gasteiger partial charge in [-0.2, -0.15) is 0 Å². The second-order valence-electron chi connectivity index (χ2n) is 6.44. The van der Waals surface area contributed by atoms with E-state index in [1.807, 2.05) is 55.5 Å². The zero-order valence-corrected chi connectivity index (χ0v) is 15.4. The second kappa shape index (κ2) is 8.78. The molecule has 3 atom stereocenters. The van der Waals surface area contributed by atoms with Crippen molar-refractivity contribution >= 4 is 17.4 Å². The lowest BCUT2D eigenvalue weighted by Crippen LogP contribution is -2.55. The van der Waals surface area contributed by atoms with E-state index in [2.05, 4.69) is 5.32 Å². The molecule has 0 saturated heterocycles. The van der Waals surface area contributed by atoms with Crippen LogP contribution in [-0.2, 0) is 14.3 Å². The Morgan fingerprint density at radius 2 is 2.00 bits per heavy atom. The van der Waals surface area contributed by atoms with Crippen molar-refractivity contribution in [1.29, 1.82) is 0 Å². The van der Waals surface area contributed by atoms with E-state index in [1.165, 1.54) is 7.11 Å². The molecule has 0 bridgehead atoms. The van der Waals surface area contributed by atoms with Crippen LogP contribution in [-0.4, -0.2) is 36.3 Å². The van der Waals surface area contributed by atoms with Crippen molar-refractivity contribution in [2.24, 2.45) is 5.41 Å². The summed E-state index contributed by atoms with van der Waals surface area (Å²) in [6.07, 6.45) is 6.43. The number of amides is 2. The van der Waals surface area contributed by atoms with Crippen LogP contribution >= 0.6 is 0 Å². The third kappa shape index (κ3) is 4.20. The average molecular weight is 358 g/mol. The Balaban J connectivity index is 2.17. The maximum Gasteiger partial charge on any atom is 0.268 e. The highest BCUT2D eigenvalue weighted by Gasteiger charge is 2.38. The van der Waals surface area contributed by atoms with Crippen LogP contribution in [0.1, 0.15) is 32.3 Å². The summed E-state index contributed by atoms with van der Waals surface area (Å²) >= 11 is 0. The van der Waals surface area contributed by atoms with Gasteiger partial charge in [-0.25, -0.2) is 5.48 Å². The lowest BCUT2D eigenvalue weighted by molar-refractivity contribution is -0.140. The van der Waals surface area contributed by atoms with Gasteiger partial charge in [0, 0.05) is 7.11 Å². The van der Waals surface area contributed by atoms with Crippen LogP contribution in [0.4, 0.5) is 0 Å². The summed E-state index contributed by atoms with van der Waals surface area (Å²) in [5.41, 5.74) is 3.01. The predicted molar refractivity (Wildman–Crippen MR) is 99.2 cm³/mol. The van der Waals surface area contributed by atoms with Gasteiger partial charge in [0.25, 0.3) is 5.91 Å². The zero-order chi connectivity index (χ0) is 19.2. The third-order valence-corrected chi connectivity index (χ3v) is 4.98. The summed E-state index contributed by atoms with van der Waals surface area (Å²) in [5.74, 6) is -0.976. The van der Waals surface area contributed by atoms with Gasteiger partial charge in [-0.1, -0.05) is 55.5 Å². The second-order valence-corrected chi connectivity index (χ2v) is 6.44. The van der Waals surface area contributed by atoms with Crippen LogP contribution in [0.5, 0.6) is 0 Å². The van der Waals surface area contributed by atoms with Gasteiger partial charge in [0.15, 0.2) is 0 Å². The van der Waals surface area contributed by atoms with Crippen LogP contribution in [0, 0.1) is 5.41 Å². The fourth-order valence-corrected chi connectivity index (χ4v) is 3.00. The monoisotopic (exact) mass is 358 g/mol. The van der Waals surface area contributed by atoms with Gasteiger partial charge < -0.3 is 10.1 Å². The number of ether oxygens (including phenoxy) is 1. The zero-order valence-electron chi connectivity index (χ0n) is 15.4. The lowest BCUT2D eigenvalue weighted by Gasteiger charge is -2.32. The molecule has 1 aromatic rings. The topological polar surface area (TPSA) is 87.7 Å². The minimum absolute atomic E-state index is 0.267. The van der Waals surface area contributed by atoms with Crippen molar-refractivity contribution in [3.8, 4) is 0 Å². The number of hydrogen-bond donors (Lipinski definition) is 3. The van der Waals surface area contributed by atoms with E-state index >= 15 is 0 Å². The third-order valence-electron chi connectivity index (χ3n) is 4.98. The molecular formula is C20H26N2O4. The Kier molecular flexibility index (Phi) is 6.71. The molecule has 0 fully saturated rings. The van der Waals surface area contributed by atoms with E-state index in [0.29, 0.717) is 12.8 Å². The van der Waals surface area contributed by atoms with E-state index in [4.69, 9.17) is 9.94 Å². The Hall–Kier alpha value is -2.44. The van der Waals surface area contributed by atoms with Gasteiger partial charge in [0.05, 0.1) is 11.5 Å². The van der Waals surface area contributed by atoms with Gasteiger partial charge >= 0.3 is 0 Å². The smallest absolute Gasteiger partial charge is 0.268 e. The molecule has 0 aromatic heterocycles. The fraction of sp³-hybridized carbons (Fsp3) is 0.400. The first-order valence-corrected chi connectivity index (χ1v) is 8.70. The largest absolute Gasteiger partial charge is 0.379 e. The van der Waals surface area contributed by atoms with E-state index in [0.717, 1.165) is 11.1 Å². The van der Waals surface area contributed by atoms with Gasteiger partial charge in [0.2, 0.25) is 5.91 Å². The van der Waals surface area contributed by atoms with E-state index in [9.17, 15) is 9.59 Å². The van der Waals surface area contributed by atoms with E-state index in [-0.39, 0.29) is 5.91 Å². The molecule has 0 spiro atoms. The first kappa shape index (κ1) is 19.9. The molecule has 0 radical (unpaired) electrons. The van der Waals surface area contributed by atoms with Crippen molar-refractivity contribution in [3.05, 3.63) is 54.1 Å². The summed E-state index contributed by atoms with van der Waals surface area (Å²) in [6, 6.07) is 8.98. The average Bonchev–Trinajstić information content (AvgIpc) is 2.71. The number of allylic oxidation sites excluding steroid dienone is 3. The molecule has 0 aliphatic heterocycles. The van der Waals surface area contributed by atoms with E-state index in [1.54, 1.807) is 12.4 Å². The van der Waals surface area contributed by atoms with Crippen LogP contribution in [0.2, 0.25) is 0 Å². The molecule has 2 rings (SSSR count). The first-order chi connectivity index (χ1) is 12.5. The van der Waals surface area contributed by atoms with Gasteiger partial charge in [0.1, 0.15) is 6.04 Å². The molecule has 26 heavy (non-hydrogen) atoms. The maximum absolute atomic E-state index is 12.9. The summed E-state index contributed by atoms with van der Waals surface area (Å²) in [6.45, 7) is 3.59. The molecule has 3 N–H and O–H groups in total. The van der Waals surface area contributed by atoms with Gasteiger partial charge in [-0.05, 0) is 30.9 Å². The lowest BCUT2D eigenvalue weighted by atomic mass is 9.76. The van der Waals surface area contributed by atoms with Crippen LogP contribution in [0.15, 0.2) is 48.6 Å². The Morgan fingerprint density at radius 3 is 2.50 bits per heavy atom. The molecule has 1 aliphatic rings. The molecule has 6 nitrogen and oxygen atoms in total. The van der Waals surface area contributed by atoms with Crippen LogP contribution < -0.4 is 10.8 Å². The number of methoxy groups -OCH3 is 1. The molecule has 6 heteroatoms. The summed E-state index contributed by atoms with van der Waals surface area (Å²) in [5, 5.41) is 11.6. The van der Waals surface area contributed by atoms with Gasteiger partial charge in [-0.3, -0.25) is 14.8 Å². The van der Waals surface area contributed by atoms with Crippen molar-refractivity contribution in [1.82, 2.24) is 10.8 Å². The van der Waals surface area contributed by atoms with E-state index < -0.39 is 23.5 Å². The summed E-state index contributed by atoms with van der Waals surface area (Å²) in [4.78, 5) is 24.8. The molecule has 140 valence electrons. The van der Waals surface area contributed by atoms with Crippen molar-refractivity contribution in [2.75, 3.05) is 7.11 Å². The highest BCUT2D eigenvalue weighted by atomic mass is 16.5. The number of carbonyl (C=O) groups excluding carboxylic acids is 2. The fourth-order valence-electron chi connectivity index (χ4n) is 3.00. The number of hydrogen-bond acceptors (Lipinski definition) is 4. The SMILES string of the molecule is CCC1(C(=O)N[C@H](C(=O)NO)[C@@H](C)OC)C=CC(c2ccccc2)=CC1. The normalized spacial score (nSPS) is 21.5. The van der Waals surface area contributed by atoms with Crippen LogP contribution in [0.3, 0.4) is 0 Å². The minimum atomic E-state index is -0.978. The van der Waals surface area contributed by atoms with Gasteiger partial charge in [-0.15, -0.1) is 0 Å². The quantitative estimate of drug-likeness (QED) is 0.516. The Labute approximate surface area is 153 Å². The van der Waals surface area contributed by atoms with Crippen molar-refractivity contribution in [3.63, 3.8) is 0 Å². The first-order valence-electron chi connectivity index (χ1n) is 8.70. The minimum Gasteiger partial charge on any atom is -0.379 e.